The molecule has 1 aliphatic heterocycles. The molecule has 1 aromatic rings. The van der Waals surface area contributed by atoms with Crippen LogP contribution < -0.4 is 5.32 Å². The number of anilines is 1. The number of hydrogen-bond acceptors (Lipinski definition) is 3. The summed E-state index contributed by atoms with van der Waals surface area (Å²) >= 11 is 1.19. The second-order valence-electron chi connectivity index (χ2n) is 5.10. The lowest BCUT2D eigenvalue weighted by molar-refractivity contribution is 0.382. The SMILES string of the molecule is CC(C)CC1CSC(Nc2c(F)c(F)c(F)c(F)c2F)=N1. The third kappa shape index (κ3) is 3.30. The Hall–Kier alpha value is -1.31. The van der Waals surface area contributed by atoms with Crippen LogP contribution in [0.1, 0.15) is 20.3 Å². The monoisotopic (exact) mass is 324 g/mol. The van der Waals surface area contributed by atoms with E-state index in [1.54, 1.807) is 0 Å². The molecule has 0 spiro atoms. The summed E-state index contributed by atoms with van der Waals surface area (Å²) in [4.78, 5) is 4.18. The van der Waals surface area contributed by atoms with Crippen LogP contribution in [0, 0.1) is 35.0 Å². The highest BCUT2D eigenvalue weighted by atomic mass is 32.2. The molecule has 0 saturated heterocycles. The second-order valence-corrected chi connectivity index (χ2v) is 6.11. The van der Waals surface area contributed by atoms with E-state index in [0.717, 1.165) is 6.42 Å². The van der Waals surface area contributed by atoms with Gasteiger partial charge in [0.25, 0.3) is 0 Å². The summed E-state index contributed by atoms with van der Waals surface area (Å²) in [6, 6.07) is -0.0289. The molecule has 2 nitrogen and oxygen atoms in total. The summed E-state index contributed by atoms with van der Waals surface area (Å²) in [6.07, 6.45) is 0.787. The Balaban J connectivity index is 2.25. The van der Waals surface area contributed by atoms with Gasteiger partial charge in [-0.25, -0.2) is 22.0 Å². The Morgan fingerprint density at radius 1 is 1.05 bits per heavy atom. The van der Waals surface area contributed by atoms with Crippen molar-refractivity contribution in [1.82, 2.24) is 0 Å². The van der Waals surface area contributed by atoms with E-state index in [1.807, 2.05) is 13.8 Å². The Labute approximate surface area is 122 Å². The normalized spacial score (nSPS) is 18.3. The van der Waals surface area contributed by atoms with Gasteiger partial charge in [-0.05, 0) is 12.3 Å². The maximum absolute atomic E-state index is 13.5. The van der Waals surface area contributed by atoms with Gasteiger partial charge in [0.05, 0.1) is 6.04 Å². The van der Waals surface area contributed by atoms with E-state index in [2.05, 4.69) is 10.3 Å². The van der Waals surface area contributed by atoms with Crippen LogP contribution in [0.5, 0.6) is 0 Å². The van der Waals surface area contributed by atoms with E-state index >= 15 is 0 Å². The van der Waals surface area contributed by atoms with Crippen LogP contribution in [0.3, 0.4) is 0 Å². The van der Waals surface area contributed by atoms with Gasteiger partial charge >= 0.3 is 0 Å². The Morgan fingerprint density at radius 2 is 1.57 bits per heavy atom. The van der Waals surface area contributed by atoms with Gasteiger partial charge < -0.3 is 5.32 Å². The summed E-state index contributed by atoms with van der Waals surface area (Å²) in [6.45, 7) is 4.02. The standard InChI is InChI=1S/C13H13F5N2S/c1-5(2)3-6-4-21-13(19-6)20-12-10(17)8(15)7(14)9(16)11(12)18/h5-6H,3-4H2,1-2H3,(H,19,20). The Bertz CT molecular complexity index is 559. The molecule has 0 bridgehead atoms. The Morgan fingerprint density at radius 3 is 2.10 bits per heavy atom. The molecule has 0 aromatic heterocycles. The van der Waals surface area contributed by atoms with Gasteiger partial charge in [0.1, 0.15) is 5.69 Å². The third-order valence-corrected chi connectivity index (χ3v) is 3.93. The number of nitrogens with zero attached hydrogens (tertiary/aromatic N) is 1. The van der Waals surface area contributed by atoms with Crippen LogP contribution >= 0.6 is 11.8 Å². The molecule has 0 fully saturated rings. The van der Waals surface area contributed by atoms with Gasteiger partial charge in [-0.1, -0.05) is 25.6 Å². The molecule has 1 aliphatic rings. The number of hydrogen-bond donors (Lipinski definition) is 1. The highest BCUT2D eigenvalue weighted by molar-refractivity contribution is 8.14. The van der Waals surface area contributed by atoms with Gasteiger partial charge in [0.15, 0.2) is 28.4 Å². The van der Waals surface area contributed by atoms with E-state index < -0.39 is 34.8 Å². The molecule has 0 aliphatic carbocycles. The van der Waals surface area contributed by atoms with E-state index in [9.17, 15) is 22.0 Å². The van der Waals surface area contributed by atoms with Gasteiger partial charge in [-0.15, -0.1) is 0 Å². The summed E-state index contributed by atoms with van der Waals surface area (Å²) in [7, 11) is 0. The van der Waals surface area contributed by atoms with E-state index in [1.165, 1.54) is 11.8 Å². The molecule has 0 radical (unpaired) electrons. The minimum atomic E-state index is -2.17. The van der Waals surface area contributed by atoms with Crippen LogP contribution in [0.15, 0.2) is 4.99 Å². The molecule has 1 aromatic carbocycles. The number of rotatable bonds is 3. The molecule has 0 saturated carbocycles. The number of thioether (sulfide) groups is 1. The first kappa shape index (κ1) is 16.1. The number of halogens is 5. The molecule has 8 heteroatoms. The van der Waals surface area contributed by atoms with Crippen molar-refractivity contribution < 1.29 is 22.0 Å². The summed E-state index contributed by atoms with van der Waals surface area (Å²) in [5.74, 6) is -8.89. The first-order valence-corrected chi connectivity index (χ1v) is 7.28. The smallest absolute Gasteiger partial charge is 0.200 e. The van der Waals surface area contributed by atoms with Crippen LogP contribution in [0.2, 0.25) is 0 Å². The number of nitrogens with one attached hydrogen (secondary N) is 1. The second kappa shape index (κ2) is 6.21. The molecule has 1 unspecified atom stereocenters. The fourth-order valence-electron chi connectivity index (χ4n) is 1.97. The molecule has 116 valence electrons. The topological polar surface area (TPSA) is 24.4 Å². The lowest BCUT2D eigenvalue weighted by Crippen LogP contribution is -2.13. The number of benzene rings is 1. The van der Waals surface area contributed by atoms with Crippen molar-refractivity contribution in [3.05, 3.63) is 29.1 Å². The molecule has 0 amide bonds. The van der Waals surface area contributed by atoms with Crippen molar-refractivity contribution in [3.63, 3.8) is 0 Å². The first-order chi connectivity index (χ1) is 9.81. The number of aliphatic imine (C=N–C) groups is 1. The third-order valence-electron chi connectivity index (χ3n) is 2.90. The molecule has 1 N–H and O–H groups in total. The molecular weight excluding hydrogens is 311 g/mol. The van der Waals surface area contributed by atoms with Crippen LogP contribution in [0.25, 0.3) is 0 Å². The van der Waals surface area contributed by atoms with Crippen molar-refractivity contribution in [2.75, 3.05) is 11.1 Å². The summed E-state index contributed by atoms with van der Waals surface area (Å²) in [5.41, 5.74) is -1.07. The molecule has 1 atom stereocenters. The van der Waals surface area contributed by atoms with Crippen LogP contribution in [-0.4, -0.2) is 17.0 Å². The van der Waals surface area contributed by atoms with Gasteiger partial charge in [0.2, 0.25) is 5.82 Å². The fourth-order valence-corrected chi connectivity index (χ4v) is 2.93. The van der Waals surface area contributed by atoms with Crippen molar-refractivity contribution in [2.24, 2.45) is 10.9 Å². The highest BCUT2D eigenvalue weighted by Crippen LogP contribution is 2.30. The lowest BCUT2D eigenvalue weighted by Gasteiger charge is -2.10. The van der Waals surface area contributed by atoms with E-state index in [-0.39, 0.29) is 11.2 Å². The average molecular weight is 324 g/mol. The molecule has 1 heterocycles. The lowest BCUT2D eigenvalue weighted by atomic mass is 10.1. The largest absolute Gasteiger partial charge is 0.330 e. The highest BCUT2D eigenvalue weighted by Gasteiger charge is 2.28. The van der Waals surface area contributed by atoms with Crippen molar-refractivity contribution in [1.29, 1.82) is 0 Å². The van der Waals surface area contributed by atoms with E-state index in [4.69, 9.17) is 0 Å². The summed E-state index contributed by atoms with van der Waals surface area (Å²) in [5, 5.41) is 2.36. The quantitative estimate of drug-likeness (QED) is 0.509. The summed E-state index contributed by atoms with van der Waals surface area (Å²) < 4.78 is 66.1. The molecular formula is C13H13F5N2S. The van der Waals surface area contributed by atoms with Crippen molar-refractivity contribution in [2.45, 2.75) is 26.3 Å². The van der Waals surface area contributed by atoms with E-state index in [0.29, 0.717) is 11.7 Å². The molecule has 21 heavy (non-hydrogen) atoms. The van der Waals surface area contributed by atoms with Gasteiger partial charge in [0, 0.05) is 5.75 Å². The van der Waals surface area contributed by atoms with Gasteiger partial charge in [-0.2, -0.15) is 0 Å². The predicted molar refractivity (Wildman–Crippen MR) is 73.0 cm³/mol. The maximum Gasteiger partial charge on any atom is 0.200 e. The number of amidine groups is 1. The molecule has 2 rings (SSSR count). The van der Waals surface area contributed by atoms with Gasteiger partial charge in [-0.3, -0.25) is 4.99 Å². The van der Waals surface area contributed by atoms with Crippen molar-refractivity contribution in [3.8, 4) is 0 Å². The van der Waals surface area contributed by atoms with Crippen LogP contribution in [-0.2, 0) is 0 Å². The average Bonchev–Trinajstić information content (AvgIpc) is 2.85. The van der Waals surface area contributed by atoms with Crippen molar-refractivity contribution >= 4 is 22.6 Å². The Kier molecular flexibility index (Phi) is 4.75. The maximum atomic E-state index is 13.5. The predicted octanol–water partition coefficient (Wildman–Crippen LogP) is 4.31. The van der Waals surface area contributed by atoms with Crippen LogP contribution in [0.4, 0.5) is 27.6 Å². The zero-order chi connectivity index (χ0) is 15.7. The minimum absolute atomic E-state index is 0.0289. The zero-order valence-corrected chi connectivity index (χ0v) is 12.1. The zero-order valence-electron chi connectivity index (χ0n) is 11.3. The fraction of sp³-hybridized carbons (Fsp3) is 0.462. The first-order valence-electron chi connectivity index (χ1n) is 6.30. The minimum Gasteiger partial charge on any atom is -0.330 e.